The first-order valence-electron chi connectivity index (χ1n) is 9.34. The predicted octanol–water partition coefficient (Wildman–Crippen LogP) is 4.62. The second-order valence-electron chi connectivity index (χ2n) is 6.55. The van der Waals surface area contributed by atoms with Gasteiger partial charge in [-0.3, -0.25) is 19.7 Å². The highest BCUT2D eigenvalue weighted by Crippen LogP contribution is 2.18. The molecule has 0 saturated carbocycles. The Hall–Kier alpha value is -4.32. The van der Waals surface area contributed by atoms with Gasteiger partial charge in [0, 0.05) is 29.2 Å². The average Bonchev–Trinajstić information content (AvgIpc) is 3.30. The molecule has 0 saturated heterocycles. The Morgan fingerprint density at radius 2 is 1.70 bits per heavy atom. The fourth-order valence-electron chi connectivity index (χ4n) is 2.89. The van der Waals surface area contributed by atoms with Crippen LogP contribution in [-0.4, -0.2) is 26.9 Å². The second-order valence-corrected chi connectivity index (χ2v) is 6.55. The molecule has 0 spiro atoms. The lowest BCUT2D eigenvalue weighted by Crippen LogP contribution is -2.12. The number of anilines is 1. The predicted molar refractivity (Wildman–Crippen MR) is 116 cm³/mol. The molecule has 0 aliphatic carbocycles. The molecule has 0 aliphatic heterocycles. The van der Waals surface area contributed by atoms with E-state index in [2.05, 4.69) is 20.5 Å². The van der Waals surface area contributed by atoms with Gasteiger partial charge in [-0.1, -0.05) is 48.5 Å². The van der Waals surface area contributed by atoms with Gasteiger partial charge in [0.15, 0.2) is 5.78 Å². The Morgan fingerprint density at radius 3 is 2.50 bits per heavy atom. The number of allylic oxidation sites excluding steroid dienone is 1. The topological polar surface area (TPSA) is 87.7 Å². The van der Waals surface area contributed by atoms with Crippen molar-refractivity contribution >= 4 is 23.5 Å². The molecule has 0 fully saturated rings. The summed E-state index contributed by atoms with van der Waals surface area (Å²) in [6, 6.07) is 21.7. The van der Waals surface area contributed by atoms with Crippen molar-refractivity contribution in [2.24, 2.45) is 0 Å². The first-order chi connectivity index (χ1) is 14.7. The number of pyridine rings is 1. The number of nitrogens with one attached hydrogen (secondary N) is 2. The first-order valence-corrected chi connectivity index (χ1v) is 9.34. The smallest absolute Gasteiger partial charge is 0.273 e. The van der Waals surface area contributed by atoms with Crippen molar-refractivity contribution in [3.05, 3.63) is 108 Å². The van der Waals surface area contributed by atoms with Crippen molar-refractivity contribution < 1.29 is 9.59 Å². The molecule has 6 heteroatoms. The number of H-pyrrole nitrogens is 1. The summed E-state index contributed by atoms with van der Waals surface area (Å²) < 4.78 is 0. The van der Waals surface area contributed by atoms with Crippen LogP contribution in [0.2, 0.25) is 0 Å². The molecular formula is C24H18N4O2. The highest BCUT2D eigenvalue weighted by Gasteiger charge is 2.12. The summed E-state index contributed by atoms with van der Waals surface area (Å²) in [5, 5.41) is 9.70. The van der Waals surface area contributed by atoms with Crippen LogP contribution < -0.4 is 5.32 Å². The van der Waals surface area contributed by atoms with Gasteiger partial charge in [-0.05, 0) is 42.0 Å². The lowest BCUT2D eigenvalue weighted by atomic mass is 10.1. The van der Waals surface area contributed by atoms with Crippen molar-refractivity contribution in [1.82, 2.24) is 15.2 Å². The molecule has 146 valence electrons. The van der Waals surface area contributed by atoms with E-state index in [9.17, 15) is 9.59 Å². The molecule has 2 aromatic carbocycles. The number of aromatic amines is 1. The second kappa shape index (κ2) is 8.79. The molecule has 2 heterocycles. The SMILES string of the molecule is O=C(/C=C/c1ccccc1)c1cccc(NC(=O)c2cc(-c3ccncc3)n[nH]2)c1. The molecule has 0 atom stereocenters. The zero-order valence-corrected chi connectivity index (χ0v) is 15.9. The standard InChI is InChI=1S/C24H18N4O2/c29-23(10-9-17-5-2-1-3-6-17)19-7-4-8-20(15-19)26-24(30)22-16-21(27-28-22)18-11-13-25-14-12-18/h1-16H,(H,26,30)(H,27,28)/b10-9+. The number of hydrogen-bond acceptors (Lipinski definition) is 4. The number of ketones is 1. The first kappa shape index (κ1) is 19.0. The van der Waals surface area contributed by atoms with Gasteiger partial charge < -0.3 is 5.32 Å². The molecule has 0 aliphatic rings. The van der Waals surface area contributed by atoms with Gasteiger partial charge >= 0.3 is 0 Å². The van der Waals surface area contributed by atoms with Crippen LogP contribution in [0, 0.1) is 0 Å². The lowest BCUT2D eigenvalue weighted by molar-refractivity contribution is 0.101. The summed E-state index contributed by atoms with van der Waals surface area (Å²) in [6.07, 6.45) is 6.61. The van der Waals surface area contributed by atoms with Gasteiger partial charge in [-0.2, -0.15) is 5.10 Å². The maximum atomic E-state index is 12.6. The van der Waals surface area contributed by atoms with Gasteiger partial charge in [-0.15, -0.1) is 0 Å². The zero-order valence-electron chi connectivity index (χ0n) is 15.9. The fraction of sp³-hybridized carbons (Fsp3) is 0. The Balaban J connectivity index is 1.45. The highest BCUT2D eigenvalue weighted by molar-refractivity contribution is 6.08. The van der Waals surface area contributed by atoms with Crippen LogP contribution in [-0.2, 0) is 0 Å². The fourth-order valence-corrected chi connectivity index (χ4v) is 2.89. The third kappa shape index (κ3) is 4.56. The molecule has 2 N–H and O–H groups in total. The number of aromatic nitrogens is 3. The summed E-state index contributed by atoms with van der Waals surface area (Å²) in [6.45, 7) is 0. The molecule has 0 radical (unpaired) electrons. The molecule has 1 amide bonds. The molecule has 6 nitrogen and oxygen atoms in total. The number of benzene rings is 2. The minimum absolute atomic E-state index is 0.142. The monoisotopic (exact) mass is 394 g/mol. The summed E-state index contributed by atoms with van der Waals surface area (Å²) in [5.41, 5.74) is 3.79. The number of nitrogens with zero attached hydrogens (tertiary/aromatic N) is 2. The number of amides is 1. The van der Waals surface area contributed by atoms with Gasteiger partial charge in [0.1, 0.15) is 5.69 Å². The Labute approximate surface area is 173 Å². The van der Waals surface area contributed by atoms with Crippen LogP contribution in [0.1, 0.15) is 26.4 Å². The quantitative estimate of drug-likeness (QED) is 0.369. The third-order valence-corrected chi connectivity index (χ3v) is 4.43. The number of carbonyl (C=O) groups excluding carboxylic acids is 2. The minimum atomic E-state index is -0.341. The Kier molecular flexibility index (Phi) is 5.57. The van der Waals surface area contributed by atoms with Gasteiger partial charge in [-0.25, -0.2) is 0 Å². The van der Waals surface area contributed by atoms with Crippen molar-refractivity contribution in [3.8, 4) is 11.3 Å². The van der Waals surface area contributed by atoms with E-state index in [-0.39, 0.29) is 11.7 Å². The van der Waals surface area contributed by atoms with Crippen LogP contribution in [0.3, 0.4) is 0 Å². The van der Waals surface area contributed by atoms with Gasteiger partial charge in [0.2, 0.25) is 0 Å². The average molecular weight is 394 g/mol. The largest absolute Gasteiger partial charge is 0.321 e. The van der Waals surface area contributed by atoms with Crippen LogP contribution in [0.5, 0.6) is 0 Å². The lowest BCUT2D eigenvalue weighted by Gasteiger charge is -2.05. The minimum Gasteiger partial charge on any atom is -0.321 e. The summed E-state index contributed by atoms with van der Waals surface area (Å²) in [4.78, 5) is 29.0. The van der Waals surface area contributed by atoms with E-state index in [0.29, 0.717) is 22.6 Å². The van der Waals surface area contributed by atoms with Crippen molar-refractivity contribution in [2.45, 2.75) is 0 Å². The summed E-state index contributed by atoms with van der Waals surface area (Å²) in [7, 11) is 0. The molecular weight excluding hydrogens is 376 g/mol. The van der Waals surface area contributed by atoms with E-state index in [1.807, 2.05) is 42.5 Å². The van der Waals surface area contributed by atoms with Crippen LogP contribution in [0.15, 0.2) is 91.3 Å². The summed E-state index contributed by atoms with van der Waals surface area (Å²) >= 11 is 0. The number of hydrogen-bond donors (Lipinski definition) is 2. The van der Waals surface area contributed by atoms with Crippen LogP contribution in [0.4, 0.5) is 5.69 Å². The van der Waals surface area contributed by atoms with Gasteiger partial charge in [0.25, 0.3) is 5.91 Å². The van der Waals surface area contributed by atoms with Crippen LogP contribution in [0.25, 0.3) is 17.3 Å². The highest BCUT2D eigenvalue weighted by atomic mass is 16.2. The van der Waals surface area contributed by atoms with Crippen molar-refractivity contribution in [1.29, 1.82) is 0 Å². The molecule has 4 rings (SSSR count). The number of carbonyl (C=O) groups is 2. The van der Waals surface area contributed by atoms with E-state index in [0.717, 1.165) is 11.1 Å². The van der Waals surface area contributed by atoms with Crippen molar-refractivity contribution in [3.63, 3.8) is 0 Å². The molecule has 4 aromatic rings. The van der Waals surface area contributed by atoms with E-state index in [1.54, 1.807) is 48.8 Å². The maximum Gasteiger partial charge on any atom is 0.273 e. The molecule has 30 heavy (non-hydrogen) atoms. The van der Waals surface area contributed by atoms with E-state index in [1.165, 1.54) is 6.08 Å². The molecule has 0 bridgehead atoms. The Bertz CT molecular complexity index is 1200. The van der Waals surface area contributed by atoms with Gasteiger partial charge in [0.05, 0.1) is 5.69 Å². The number of rotatable bonds is 6. The Morgan fingerprint density at radius 1 is 0.900 bits per heavy atom. The summed E-state index contributed by atoms with van der Waals surface area (Å²) in [5.74, 6) is -0.483. The van der Waals surface area contributed by atoms with Crippen LogP contribution >= 0.6 is 0 Å². The van der Waals surface area contributed by atoms with E-state index >= 15 is 0 Å². The maximum absolute atomic E-state index is 12.6. The molecule has 0 unspecified atom stereocenters. The van der Waals surface area contributed by atoms with E-state index < -0.39 is 0 Å². The zero-order chi connectivity index (χ0) is 20.8. The van der Waals surface area contributed by atoms with E-state index in [4.69, 9.17) is 0 Å². The normalized spacial score (nSPS) is 10.8. The third-order valence-electron chi connectivity index (χ3n) is 4.43. The molecule has 2 aromatic heterocycles. The van der Waals surface area contributed by atoms with Crippen molar-refractivity contribution in [2.75, 3.05) is 5.32 Å².